The maximum absolute atomic E-state index is 12.7. The smallest absolute Gasteiger partial charge is 0.497 e. The number of hydrogen-bond acceptors (Lipinski definition) is 8. The first kappa shape index (κ1) is 63.4. The summed E-state index contributed by atoms with van der Waals surface area (Å²) < 4.78 is 170. The molecule has 0 atom stereocenters. The van der Waals surface area contributed by atoms with Crippen molar-refractivity contribution in [2.24, 2.45) is 0 Å². The number of nitrogens with zero attached hydrogens (tertiary/aromatic N) is 2. The average molecular weight is 1300 g/mol. The number of benzene rings is 5. The quantitative estimate of drug-likeness (QED) is 0.0572. The summed E-state index contributed by atoms with van der Waals surface area (Å²) in [5.41, 5.74) is -0.387. The van der Waals surface area contributed by atoms with E-state index in [4.69, 9.17) is 29.0 Å². The van der Waals surface area contributed by atoms with E-state index >= 15 is 0 Å². The maximum atomic E-state index is 12.7. The van der Waals surface area contributed by atoms with E-state index in [0.717, 1.165) is 73.1 Å². The van der Waals surface area contributed by atoms with Gasteiger partial charge in [0.15, 0.2) is 11.5 Å². The molecule has 7 rings (SSSR count). The number of alkyl halides is 9. The van der Waals surface area contributed by atoms with Crippen molar-refractivity contribution >= 4 is 79.5 Å². The van der Waals surface area contributed by atoms with Crippen molar-refractivity contribution in [3.63, 3.8) is 0 Å². The van der Waals surface area contributed by atoms with E-state index in [1.807, 2.05) is 60.7 Å². The molecule has 73 heavy (non-hydrogen) atoms. The second-order valence-electron chi connectivity index (χ2n) is 14.4. The van der Waals surface area contributed by atoms with Crippen LogP contribution in [0.3, 0.4) is 0 Å². The Balaban J connectivity index is 0.000000268. The summed E-state index contributed by atoms with van der Waals surface area (Å²) in [5.74, 6) is 2.89. The minimum Gasteiger partial charge on any atom is -0.497 e. The van der Waals surface area contributed by atoms with Gasteiger partial charge < -0.3 is 41.9 Å². The molecule has 2 aromatic heterocycles. The molecule has 7 aromatic rings. The van der Waals surface area contributed by atoms with Gasteiger partial charge in [-0.05, 0) is 132 Å². The van der Waals surface area contributed by atoms with Gasteiger partial charge in [-0.3, -0.25) is 0 Å². The Kier molecular flexibility index (Phi) is 25.1. The fourth-order valence-electron chi connectivity index (χ4n) is 5.53. The summed E-state index contributed by atoms with van der Waals surface area (Å²) in [4.78, 5) is 8.64. The van der Waals surface area contributed by atoms with Gasteiger partial charge in [0, 0.05) is 5.56 Å². The molecule has 0 spiro atoms. The van der Waals surface area contributed by atoms with Crippen molar-refractivity contribution in [1.82, 2.24) is 9.97 Å². The van der Waals surface area contributed by atoms with Gasteiger partial charge in [0.1, 0.15) is 37.6 Å². The predicted octanol–water partition coefficient (Wildman–Crippen LogP) is 10.3. The number of ether oxygens (including phenoxy) is 4. The van der Waals surface area contributed by atoms with E-state index in [9.17, 15) is 52.5 Å². The topological polar surface area (TPSA) is 103 Å². The molecule has 0 fully saturated rings. The molecule has 26 heteroatoms. The molecule has 0 radical (unpaired) electrons. The molecule has 0 bridgehead atoms. The second kappa shape index (κ2) is 28.9. The van der Waals surface area contributed by atoms with Crippen LogP contribution in [0, 0.1) is 3.70 Å². The van der Waals surface area contributed by atoms with Crippen LogP contribution in [0.1, 0.15) is 27.8 Å². The first-order chi connectivity index (χ1) is 33.7. The molecule has 0 saturated heterocycles. The number of rotatable bonds is 11. The van der Waals surface area contributed by atoms with Crippen LogP contribution >= 0.6 is 54.5 Å². The fraction of sp³-hybridized carbons (Fsp3) is 0.149. The molecular formula is C47H36B2Br2F12IKN2O6. The van der Waals surface area contributed by atoms with Gasteiger partial charge in [-0.2, -0.15) is 39.5 Å². The van der Waals surface area contributed by atoms with E-state index in [2.05, 4.69) is 64.4 Å². The van der Waals surface area contributed by atoms with E-state index in [1.54, 1.807) is 26.4 Å². The minimum atomic E-state index is -5.23. The summed E-state index contributed by atoms with van der Waals surface area (Å²) >= 11 is 8.89. The van der Waals surface area contributed by atoms with Crippen molar-refractivity contribution in [2.75, 3.05) is 14.2 Å². The van der Waals surface area contributed by atoms with E-state index in [1.165, 1.54) is 12.1 Å². The molecule has 5 aromatic carbocycles. The van der Waals surface area contributed by atoms with Crippen molar-refractivity contribution in [2.45, 2.75) is 31.7 Å². The Morgan fingerprint density at radius 3 is 1.23 bits per heavy atom. The van der Waals surface area contributed by atoms with E-state index in [0.29, 0.717) is 59.1 Å². The van der Waals surface area contributed by atoms with Crippen LogP contribution in [0.15, 0.2) is 155 Å². The van der Waals surface area contributed by atoms with Crippen LogP contribution in [0.4, 0.5) is 52.5 Å². The van der Waals surface area contributed by atoms with Gasteiger partial charge in [-0.25, -0.2) is 9.97 Å². The standard InChI is InChI=1S/C20H15BrF3NO2.C13H11BrINO2.C7H4BF6.C7H6BF3O2.K/c1-26-16-8-2-13(3-9-16)12-27-18-11-10-17(25-19(18)21)14-4-6-15(7-5-14)20(22,23)24;1-17-10-4-2-9(3-5-10)8-18-11-6-7-12(15)16-13(11)14;9-7(10,11)5-1-3-6(4-2-5)8(12,13)14;9-7(10,11)5-1-3-6(4-2-5)8(12)13;/h2-11H,12H2,1H3;2-7H,8H2,1H3;1-4H;1-4,12-13H;/q;;-1;;+1. The van der Waals surface area contributed by atoms with Crippen molar-refractivity contribution in [3.8, 4) is 34.3 Å². The van der Waals surface area contributed by atoms with Crippen LogP contribution in [-0.4, -0.2) is 48.3 Å². The molecule has 2 N–H and O–H groups in total. The Labute approximate surface area is 483 Å². The van der Waals surface area contributed by atoms with Gasteiger partial charge in [-0.1, -0.05) is 84.9 Å². The van der Waals surface area contributed by atoms with Crippen LogP contribution in [0.2, 0.25) is 0 Å². The third-order valence-electron chi connectivity index (χ3n) is 9.36. The zero-order valence-electron chi connectivity index (χ0n) is 38.0. The van der Waals surface area contributed by atoms with Crippen molar-refractivity contribution in [3.05, 3.63) is 186 Å². The summed E-state index contributed by atoms with van der Waals surface area (Å²) in [6.45, 7) is -4.37. The van der Waals surface area contributed by atoms with Gasteiger partial charge in [0.25, 0.3) is 0 Å². The van der Waals surface area contributed by atoms with Gasteiger partial charge in [-0.15, -0.1) is 5.46 Å². The third kappa shape index (κ3) is 21.4. The first-order valence-corrected chi connectivity index (χ1v) is 22.9. The first-order valence-electron chi connectivity index (χ1n) is 20.3. The van der Waals surface area contributed by atoms with E-state index < -0.39 is 54.8 Å². The third-order valence-corrected chi connectivity index (χ3v) is 11.1. The maximum Gasteiger partial charge on any atom is 1.00 e. The zero-order valence-corrected chi connectivity index (χ0v) is 46.5. The molecule has 0 saturated carbocycles. The number of hydrogen-bond donors (Lipinski definition) is 2. The molecule has 0 aliphatic heterocycles. The summed E-state index contributed by atoms with van der Waals surface area (Å²) in [7, 11) is 1.52. The van der Waals surface area contributed by atoms with Crippen molar-refractivity contribution in [1.29, 1.82) is 0 Å². The van der Waals surface area contributed by atoms with Crippen LogP contribution in [0.25, 0.3) is 11.3 Å². The number of aromatic nitrogens is 2. The van der Waals surface area contributed by atoms with Gasteiger partial charge in [0.2, 0.25) is 0 Å². The van der Waals surface area contributed by atoms with Crippen molar-refractivity contribution < 1.29 is 133 Å². The minimum absolute atomic E-state index is 0. The second-order valence-corrected chi connectivity index (χ2v) is 17.1. The predicted molar refractivity (Wildman–Crippen MR) is 263 cm³/mol. The molecular weight excluding hydrogens is 1260 g/mol. The Morgan fingerprint density at radius 2 is 0.890 bits per heavy atom. The SMILES string of the molecule is COc1ccc(COc2ccc(-c3ccc(C(F)(F)F)cc3)nc2Br)cc1.COc1ccc(COc2ccc(I)nc2Br)cc1.F[B-](F)(F)c1ccc(C(F)(F)F)cc1.OB(O)c1ccc(C(F)(F)F)cc1.[K+]. The largest absolute Gasteiger partial charge is 1.00 e. The number of methoxy groups -OCH3 is 2. The van der Waals surface area contributed by atoms with Crippen LogP contribution in [-0.2, 0) is 31.7 Å². The molecule has 8 nitrogen and oxygen atoms in total. The molecule has 2 heterocycles. The monoisotopic (exact) mass is 1300 g/mol. The summed E-state index contributed by atoms with van der Waals surface area (Å²) in [6, 6.07) is 32.8. The van der Waals surface area contributed by atoms with E-state index in [-0.39, 0.29) is 56.8 Å². The normalized spacial score (nSPS) is 11.2. The average Bonchev–Trinajstić information content (AvgIpc) is 3.33. The summed E-state index contributed by atoms with van der Waals surface area (Å²) in [5, 5.41) is 17.2. The molecule has 0 unspecified atom stereocenters. The van der Waals surface area contributed by atoms with Crippen LogP contribution < -0.4 is 81.3 Å². The van der Waals surface area contributed by atoms with Gasteiger partial charge >= 0.3 is 84.0 Å². The molecule has 0 amide bonds. The van der Waals surface area contributed by atoms with Gasteiger partial charge in [0.05, 0.1) is 36.6 Å². The Bertz CT molecular complexity index is 2750. The number of pyridine rings is 2. The molecule has 0 aliphatic rings. The Hall–Kier alpha value is -3.86. The fourth-order valence-corrected chi connectivity index (χ4v) is 7.15. The summed E-state index contributed by atoms with van der Waals surface area (Å²) in [6.07, 6.45) is -13.3. The Morgan fingerprint density at radius 1 is 0.521 bits per heavy atom. The molecule has 0 aliphatic carbocycles. The van der Waals surface area contributed by atoms with Crippen LogP contribution in [0.5, 0.6) is 23.0 Å². The molecule has 382 valence electrons. The number of halogens is 15. The zero-order chi connectivity index (χ0) is 53.4.